The maximum Gasteiger partial charge on any atom is 0.273 e. The van der Waals surface area contributed by atoms with E-state index in [9.17, 15) is 4.79 Å². The minimum absolute atomic E-state index is 0.137. The van der Waals surface area contributed by atoms with Crippen LogP contribution in [-0.2, 0) is 12.8 Å². The van der Waals surface area contributed by atoms with Gasteiger partial charge in [0.15, 0.2) is 0 Å². The van der Waals surface area contributed by atoms with Crippen LogP contribution in [0.25, 0.3) is 0 Å². The van der Waals surface area contributed by atoms with Crippen LogP contribution in [0.1, 0.15) is 21.5 Å². The Balaban J connectivity index is 1.84. The number of carbonyl (C=O) groups excluding carboxylic acids is 1. The summed E-state index contributed by atoms with van der Waals surface area (Å²) in [6, 6.07) is 23.6. The van der Waals surface area contributed by atoms with Crippen LogP contribution in [0.15, 0.2) is 72.8 Å². The van der Waals surface area contributed by atoms with Gasteiger partial charge in [0, 0.05) is 7.05 Å². The van der Waals surface area contributed by atoms with Gasteiger partial charge in [-0.05, 0) is 48.2 Å². The van der Waals surface area contributed by atoms with Crippen molar-refractivity contribution in [1.82, 2.24) is 5.01 Å². The van der Waals surface area contributed by atoms with Crippen molar-refractivity contribution >= 4 is 28.9 Å². The number of amides is 1. The molecule has 0 spiro atoms. The van der Waals surface area contributed by atoms with Gasteiger partial charge in [0.1, 0.15) is 0 Å². The first-order chi connectivity index (χ1) is 12.7. The van der Waals surface area contributed by atoms with Crippen LogP contribution in [0.2, 0.25) is 5.02 Å². The Morgan fingerprint density at radius 1 is 0.846 bits per heavy atom. The maximum atomic E-state index is 13.2. The largest absolute Gasteiger partial charge is 0.273 e. The Labute approximate surface area is 158 Å². The van der Waals surface area contributed by atoms with E-state index in [0.717, 1.165) is 24.2 Å². The first-order valence-electron chi connectivity index (χ1n) is 8.65. The first-order valence-corrected chi connectivity index (χ1v) is 9.03. The number of fused-ring (bicyclic) bond motifs is 2. The van der Waals surface area contributed by atoms with Gasteiger partial charge in [0.2, 0.25) is 0 Å². The fourth-order valence-electron chi connectivity index (χ4n) is 3.48. The van der Waals surface area contributed by atoms with Crippen molar-refractivity contribution < 1.29 is 4.79 Å². The fourth-order valence-corrected chi connectivity index (χ4v) is 3.70. The lowest BCUT2D eigenvalue weighted by molar-refractivity contribution is 0.0795. The molecule has 0 aromatic heterocycles. The molecular formula is C22H19ClN2O. The number of hydrazine groups is 1. The van der Waals surface area contributed by atoms with Crippen molar-refractivity contribution in [3.63, 3.8) is 0 Å². The summed E-state index contributed by atoms with van der Waals surface area (Å²) in [7, 11) is 1.80. The van der Waals surface area contributed by atoms with Gasteiger partial charge in [-0.15, -0.1) is 0 Å². The summed E-state index contributed by atoms with van der Waals surface area (Å²) in [5, 5.41) is 4.12. The van der Waals surface area contributed by atoms with Crippen molar-refractivity contribution in [2.45, 2.75) is 12.8 Å². The predicted molar refractivity (Wildman–Crippen MR) is 106 cm³/mol. The third-order valence-corrected chi connectivity index (χ3v) is 5.13. The number of rotatable bonds is 2. The molecule has 0 aliphatic carbocycles. The summed E-state index contributed by atoms with van der Waals surface area (Å²) in [5.41, 5.74) is 5.00. The lowest BCUT2D eigenvalue weighted by Gasteiger charge is -2.35. The maximum absolute atomic E-state index is 13.2. The molecule has 0 saturated carbocycles. The van der Waals surface area contributed by atoms with Crippen LogP contribution < -0.4 is 5.01 Å². The van der Waals surface area contributed by atoms with E-state index in [1.807, 2.05) is 41.4 Å². The second-order valence-electron chi connectivity index (χ2n) is 6.38. The molecule has 0 saturated heterocycles. The minimum Gasteiger partial charge on any atom is -0.267 e. The third-order valence-electron chi connectivity index (χ3n) is 4.80. The van der Waals surface area contributed by atoms with Crippen molar-refractivity contribution in [2.75, 3.05) is 12.1 Å². The zero-order valence-corrected chi connectivity index (χ0v) is 15.3. The highest BCUT2D eigenvalue weighted by Gasteiger charge is 2.27. The van der Waals surface area contributed by atoms with Gasteiger partial charge in [0.05, 0.1) is 22.0 Å². The molecule has 3 aromatic carbocycles. The van der Waals surface area contributed by atoms with E-state index in [1.165, 1.54) is 11.1 Å². The van der Waals surface area contributed by atoms with Gasteiger partial charge in [-0.1, -0.05) is 60.1 Å². The van der Waals surface area contributed by atoms with Gasteiger partial charge >= 0.3 is 0 Å². The molecule has 0 fully saturated rings. The third kappa shape index (κ3) is 2.85. The van der Waals surface area contributed by atoms with Gasteiger partial charge < -0.3 is 0 Å². The van der Waals surface area contributed by atoms with Gasteiger partial charge in [-0.3, -0.25) is 9.80 Å². The van der Waals surface area contributed by atoms with Crippen molar-refractivity contribution in [3.05, 3.63) is 94.5 Å². The second-order valence-corrected chi connectivity index (χ2v) is 6.79. The Bertz CT molecular complexity index is 922. The predicted octanol–water partition coefficient (Wildman–Crippen LogP) is 5.26. The molecule has 1 aliphatic heterocycles. The lowest BCUT2D eigenvalue weighted by Crippen LogP contribution is -2.41. The first kappa shape index (κ1) is 16.7. The molecule has 0 bridgehead atoms. The highest BCUT2D eigenvalue weighted by atomic mass is 35.5. The van der Waals surface area contributed by atoms with E-state index < -0.39 is 0 Å². The van der Waals surface area contributed by atoms with Crippen LogP contribution in [0, 0.1) is 0 Å². The molecule has 1 heterocycles. The van der Waals surface area contributed by atoms with Crippen molar-refractivity contribution in [3.8, 4) is 0 Å². The molecule has 4 rings (SSSR count). The summed E-state index contributed by atoms with van der Waals surface area (Å²) in [6.07, 6.45) is 1.88. The second kappa shape index (κ2) is 6.85. The number of aryl methyl sites for hydroxylation is 2. The van der Waals surface area contributed by atoms with E-state index in [-0.39, 0.29) is 5.91 Å². The Morgan fingerprint density at radius 2 is 1.35 bits per heavy atom. The molecule has 0 unspecified atom stereocenters. The molecule has 1 amide bonds. The zero-order valence-electron chi connectivity index (χ0n) is 14.5. The highest BCUT2D eigenvalue weighted by Crippen LogP contribution is 2.37. The van der Waals surface area contributed by atoms with Crippen molar-refractivity contribution in [2.24, 2.45) is 0 Å². The normalized spacial score (nSPS) is 12.8. The molecule has 3 nitrogen and oxygen atoms in total. The van der Waals surface area contributed by atoms with Gasteiger partial charge in [-0.25, -0.2) is 5.01 Å². The Hall–Kier alpha value is -2.78. The average Bonchev–Trinajstić information content (AvgIpc) is 2.84. The van der Waals surface area contributed by atoms with Gasteiger partial charge in [0.25, 0.3) is 5.91 Å². The summed E-state index contributed by atoms with van der Waals surface area (Å²) in [6.45, 7) is 0. The van der Waals surface area contributed by atoms with E-state index in [1.54, 1.807) is 24.2 Å². The van der Waals surface area contributed by atoms with Crippen molar-refractivity contribution in [1.29, 1.82) is 0 Å². The molecule has 1 aliphatic rings. The Morgan fingerprint density at radius 3 is 1.92 bits per heavy atom. The minimum atomic E-state index is -0.137. The molecule has 130 valence electrons. The summed E-state index contributed by atoms with van der Waals surface area (Å²) in [4.78, 5) is 13.2. The average molecular weight is 363 g/mol. The number of halogens is 1. The van der Waals surface area contributed by atoms with Crippen LogP contribution in [0.4, 0.5) is 11.4 Å². The van der Waals surface area contributed by atoms with Crippen LogP contribution >= 0.6 is 11.6 Å². The molecular weight excluding hydrogens is 344 g/mol. The summed E-state index contributed by atoms with van der Waals surface area (Å²) in [5.74, 6) is -0.137. The number of hydrogen-bond acceptors (Lipinski definition) is 2. The Kier molecular flexibility index (Phi) is 4.39. The zero-order chi connectivity index (χ0) is 18.1. The molecule has 0 atom stereocenters. The standard InChI is InChI=1S/C22H19ClN2O/c1-24(22(26)18-10-4-5-11-19(18)23)25-20-12-6-2-8-16(20)14-15-17-9-3-7-13-21(17)25/h2-13H,14-15H2,1H3. The smallest absolute Gasteiger partial charge is 0.267 e. The quantitative estimate of drug-likeness (QED) is 0.620. The molecule has 26 heavy (non-hydrogen) atoms. The van der Waals surface area contributed by atoms with Crippen LogP contribution in [0.5, 0.6) is 0 Å². The molecule has 0 radical (unpaired) electrons. The summed E-state index contributed by atoms with van der Waals surface area (Å²) >= 11 is 6.27. The number of carbonyl (C=O) groups is 1. The van der Waals surface area contributed by atoms with E-state index >= 15 is 0 Å². The number of benzene rings is 3. The molecule has 0 N–H and O–H groups in total. The van der Waals surface area contributed by atoms with E-state index in [4.69, 9.17) is 11.6 Å². The fraction of sp³-hybridized carbons (Fsp3) is 0.136. The lowest BCUT2D eigenvalue weighted by atomic mass is 10.0. The van der Waals surface area contributed by atoms with Crippen LogP contribution in [0.3, 0.4) is 0 Å². The van der Waals surface area contributed by atoms with E-state index in [0.29, 0.717) is 10.6 Å². The summed E-state index contributed by atoms with van der Waals surface area (Å²) < 4.78 is 0. The molecule has 4 heteroatoms. The SMILES string of the molecule is CN(C(=O)c1ccccc1Cl)N1c2ccccc2CCc2ccccc21. The topological polar surface area (TPSA) is 23.6 Å². The highest BCUT2D eigenvalue weighted by molar-refractivity contribution is 6.33. The van der Waals surface area contributed by atoms with Gasteiger partial charge in [-0.2, -0.15) is 0 Å². The monoisotopic (exact) mass is 362 g/mol. The number of hydrogen-bond donors (Lipinski definition) is 0. The van der Waals surface area contributed by atoms with Crippen LogP contribution in [-0.4, -0.2) is 18.0 Å². The molecule has 3 aromatic rings. The number of anilines is 2. The number of para-hydroxylation sites is 2. The van der Waals surface area contributed by atoms with E-state index in [2.05, 4.69) is 24.3 Å². The number of nitrogens with zero attached hydrogens (tertiary/aromatic N) is 2.